The molecule has 0 spiro atoms. The van der Waals surface area contributed by atoms with Crippen molar-refractivity contribution in [2.24, 2.45) is 0 Å². The largest absolute Gasteiger partial charge is 0.330 e. The van der Waals surface area contributed by atoms with Gasteiger partial charge in [0.05, 0.1) is 12.4 Å². The van der Waals surface area contributed by atoms with Crippen molar-refractivity contribution in [2.75, 3.05) is 5.32 Å². The third-order valence-corrected chi connectivity index (χ3v) is 4.11. The van der Waals surface area contributed by atoms with Crippen LogP contribution in [0.5, 0.6) is 0 Å². The van der Waals surface area contributed by atoms with Gasteiger partial charge < -0.3 is 9.88 Å². The van der Waals surface area contributed by atoms with Crippen molar-refractivity contribution in [1.29, 1.82) is 0 Å². The molecule has 0 fully saturated rings. The van der Waals surface area contributed by atoms with Crippen LogP contribution in [0.4, 0.5) is 5.69 Å². The predicted octanol–water partition coefficient (Wildman–Crippen LogP) is 4.51. The Balaban J connectivity index is 1.80. The summed E-state index contributed by atoms with van der Waals surface area (Å²) >= 11 is 0. The number of hydrogen-bond donors (Lipinski definition) is 1. The quantitative estimate of drug-likeness (QED) is 0.752. The molecule has 3 aromatic rings. The fourth-order valence-electron chi connectivity index (χ4n) is 2.92. The van der Waals surface area contributed by atoms with E-state index in [-0.39, 0.29) is 5.91 Å². The molecule has 4 heteroatoms. The van der Waals surface area contributed by atoms with Gasteiger partial charge in [0.25, 0.3) is 0 Å². The summed E-state index contributed by atoms with van der Waals surface area (Å²) < 4.78 is 2.14. The number of aromatic nitrogens is 2. The number of hydrogen-bond acceptors (Lipinski definition) is 2. The summed E-state index contributed by atoms with van der Waals surface area (Å²) in [5.41, 5.74) is 4.38. The first-order valence-electron chi connectivity index (χ1n) is 8.13. The van der Waals surface area contributed by atoms with Crippen LogP contribution >= 0.6 is 0 Å². The lowest BCUT2D eigenvalue weighted by Gasteiger charge is -2.17. The normalized spacial score (nSPS) is 11.9. The molecule has 0 saturated heterocycles. The number of anilines is 1. The van der Waals surface area contributed by atoms with Crippen LogP contribution < -0.4 is 5.32 Å². The zero-order valence-electron chi connectivity index (χ0n) is 13.9. The maximum Gasteiger partial charge on any atom is 0.221 e. The number of amides is 1. The van der Waals surface area contributed by atoms with Gasteiger partial charge in [-0.2, -0.15) is 0 Å². The van der Waals surface area contributed by atoms with Gasteiger partial charge in [-0.25, -0.2) is 4.98 Å². The second-order valence-electron chi connectivity index (χ2n) is 5.81. The van der Waals surface area contributed by atoms with Crippen LogP contribution in [0.25, 0.3) is 11.1 Å². The van der Waals surface area contributed by atoms with Gasteiger partial charge >= 0.3 is 0 Å². The third kappa shape index (κ3) is 3.54. The van der Waals surface area contributed by atoms with Crippen LogP contribution in [0.3, 0.4) is 0 Å². The van der Waals surface area contributed by atoms with Gasteiger partial charge in [0.15, 0.2) is 0 Å². The van der Waals surface area contributed by atoms with Crippen molar-refractivity contribution in [3.8, 4) is 11.1 Å². The van der Waals surface area contributed by atoms with Gasteiger partial charge in [-0.15, -0.1) is 0 Å². The number of carbonyl (C=O) groups is 1. The summed E-state index contributed by atoms with van der Waals surface area (Å²) in [5.74, 6) is -0.0581. The third-order valence-electron chi connectivity index (χ3n) is 4.11. The van der Waals surface area contributed by atoms with E-state index in [2.05, 4.69) is 46.1 Å². The Morgan fingerprint density at radius 2 is 1.71 bits per heavy atom. The van der Waals surface area contributed by atoms with Crippen molar-refractivity contribution >= 4 is 11.6 Å². The van der Waals surface area contributed by atoms with Crippen molar-refractivity contribution in [2.45, 2.75) is 26.3 Å². The van der Waals surface area contributed by atoms with Crippen LogP contribution in [0, 0.1) is 0 Å². The SMILES string of the molecule is CCC(c1ccc(-c2ccc(NC(C)=O)cc2)cc1)n1ccnc1. The minimum Gasteiger partial charge on any atom is -0.330 e. The maximum atomic E-state index is 11.1. The lowest BCUT2D eigenvalue weighted by Crippen LogP contribution is -2.07. The standard InChI is InChI=1S/C20H21N3O/c1-3-20(23-13-12-21-14-23)18-6-4-16(5-7-18)17-8-10-19(11-9-17)22-15(2)24/h4-14,20H,3H2,1-2H3,(H,22,24). The summed E-state index contributed by atoms with van der Waals surface area (Å²) in [6, 6.07) is 16.8. The molecule has 0 saturated carbocycles. The minimum absolute atomic E-state index is 0.0581. The van der Waals surface area contributed by atoms with Gasteiger partial charge in [0.1, 0.15) is 0 Å². The van der Waals surface area contributed by atoms with Gasteiger partial charge in [-0.3, -0.25) is 4.79 Å². The Kier molecular flexibility index (Phi) is 4.75. The van der Waals surface area contributed by atoms with Crippen LogP contribution in [-0.4, -0.2) is 15.5 Å². The number of benzene rings is 2. The Morgan fingerprint density at radius 3 is 2.21 bits per heavy atom. The maximum absolute atomic E-state index is 11.1. The zero-order chi connectivity index (χ0) is 16.9. The first-order chi connectivity index (χ1) is 11.7. The number of rotatable bonds is 5. The molecular weight excluding hydrogens is 298 g/mol. The Morgan fingerprint density at radius 1 is 1.08 bits per heavy atom. The first kappa shape index (κ1) is 16.0. The molecule has 0 aliphatic rings. The fourth-order valence-corrected chi connectivity index (χ4v) is 2.92. The highest BCUT2D eigenvalue weighted by Crippen LogP contribution is 2.26. The Hall–Kier alpha value is -2.88. The van der Waals surface area contributed by atoms with Gasteiger partial charge in [0.2, 0.25) is 5.91 Å². The van der Waals surface area contributed by atoms with E-state index in [1.165, 1.54) is 12.5 Å². The van der Waals surface area contributed by atoms with Crippen LogP contribution in [-0.2, 0) is 4.79 Å². The molecule has 3 rings (SSSR count). The van der Waals surface area contributed by atoms with Gasteiger partial charge in [-0.1, -0.05) is 43.3 Å². The average Bonchev–Trinajstić information content (AvgIpc) is 3.11. The monoisotopic (exact) mass is 319 g/mol. The number of imidazole rings is 1. The van der Waals surface area contributed by atoms with E-state index in [4.69, 9.17) is 0 Å². The molecule has 0 aliphatic carbocycles. The second kappa shape index (κ2) is 7.13. The van der Waals surface area contributed by atoms with Crippen molar-refractivity contribution in [3.05, 3.63) is 72.8 Å². The van der Waals surface area contributed by atoms with Gasteiger partial charge in [0, 0.05) is 25.0 Å². The lowest BCUT2D eigenvalue weighted by molar-refractivity contribution is -0.114. The number of carbonyl (C=O) groups excluding carboxylic acids is 1. The molecule has 1 heterocycles. The number of nitrogens with one attached hydrogen (secondary N) is 1. The fraction of sp³-hybridized carbons (Fsp3) is 0.200. The highest BCUT2D eigenvalue weighted by Gasteiger charge is 2.10. The minimum atomic E-state index is -0.0581. The summed E-state index contributed by atoms with van der Waals surface area (Å²) in [4.78, 5) is 15.2. The molecular formula is C20H21N3O. The molecule has 1 amide bonds. The molecule has 122 valence electrons. The van der Waals surface area contributed by atoms with Crippen LogP contribution in [0.2, 0.25) is 0 Å². The zero-order valence-corrected chi connectivity index (χ0v) is 13.9. The molecule has 4 nitrogen and oxygen atoms in total. The molecule has 2 aromatic carbocycles. The van der Waals surface area contributed by atoms with Gasteiger partial charge in [-0.05, 0) is 35.2 Å². The summed E-state index contributed by atoms with van der Waals surface area (Å²) in [6.45, 7) is 3.69. The average molecular weight is 319 g/mol. The summed E-state index contributed by atoms with van der Waals surface area (Å²) in [6.07, 6.45) is 6.69. The smallest absolute Gasteiger partial charge is 0.221 e. The lowest BCUT2D eigenvalue weighted by atomic mass is 9.99. The summed E-state index contributed by atoms with van der Waals surface area (Å²) in [5, 5.41) is 2.78. The van der Waals surface area contributed by atoms with Crippen LogP contribution in [0.1, 0.15) is 31.9 Å². The van der Waals surface area contributed by atoms with E-state index in [1.807, 2.05) is 43.0 Å². The van der Waals surface area contributed by atoms with Crippen LogP contribution in [0.15, 0.2) is 67.3 Å². The Bertz CT molecular complexity index is 790. The highest BCUT2D eigenvalue weighted by atomic mass is 16.1. The highest BCUT2D eigenvalue weighted by molar-refractivity contribution is 5.89. The molecule has 1 N–H and O–H groups in total. The van der Waals surface area contributed by atoms with Crippen molar-refractivity contribution < 1.29 is 4.79 Å². The van der Waals surface area contributed by atoms with E-state index in [0.717, 1.165) is 23.2 Å². The van der Waals surface area contributed by atoms with E-state index < -0.39 is 0 Å². The Labute approximate surface area is 142 Å². The first-order valence-corrected chi connectivity index (χ1v) is 8.13. The predicted molar refractivity (Wildman–Crippen MR) is 96.8 cm³/mol. The molecule has 0 aliphatic heterocycles. The molecule has 0 bridgehead atoms. The molecule has 1 atom stereocenters. The number of nitrogens with zero attached hydrogens (tertiary/aromatic N) is 2. The van der Waals surface area contributed by atoms with Crippen molar-refractivity contribution in [3.63, 3.8) is 0 Å². The molecule has 1 aromatic heterocycles. The topological polar surface area (TPSA) is 46.9 Å². The van der Waals surface area contributed by atoms with E-state index in [0.29, 0.717) is 6.04 Å². The van der Waals surface area contributed by atoms with Crippen molar-refractivity contribution in [1.82, 2.24) is 9.55 Å². The summed E-state index contributed by atoms with van der Waals surface area (Å²) in [7, 11) is 0. The van der Waals surface area contributed by atoms with E-state index in [9.17, 15) is 4.79 Å². The molecule has 0 radical (unpaired) electrons. The van der Waals surface area contributed by atoms with E-state index in [1.54, 1.807) is 0 Å². The second-order valence-corrected chi connectivity index (χ2v) is 5.81. The molecule has 1 unspecified atom stereocenters. The van der Waals surface area contributed by atoms with E-state index >= 15 is 0 Å². The molecule has 24 heavy (non-hydrogen) atoms.